The second-order valence-electron chi connectivity index (χ2n) is 5.43. The molecule has 0 saturated carbocycles. The monoisotopic (exact) mass is 400 g/mol. The van der Waals surface area contributed by atoms with Gasteiger partial charge in [0.15, 0.2) is 0 Å². The van der Waals surface area contributed by atoms with Crippen molar-refractivity contribution in [1.29, 1.82) is 0 Å². The summed E-state index contributed by atoms with van der Waals surface area (Å²) < 4.78 is 49.6. The van der Waals surface area contributed by atoms with Gasteiger partial charge < -0.3 is 10.2 Å². The smallest absolute Gasteiger partial charge is 0.273 e. The fraction of sp³-hybridized carbons (Fsp3) is 0.133. The molecule has 2 N–H and O–H groups in total. The van der Waals surface area contributed by atoms with E-state index in [1.165, 1.54) is 6.92 Å². The van der Waals surface area contributed by atoms with E-state index in [1.54, 1.807) is 0 Å². The molecule has 11 heteroatoms. The van der Waals surface area contributed by atoms with Gasteiger partial charge in [0.05, 0.1) is 16.8 Å². The normalized spacial score (nSPS) is 11.9. The number of anilines is 1. The van der Waals surface area contributed by atoms with Crippen molar-refractivity contribution in [3.05, 3.63) is 48.6 Å². The van der Waals surface area contributed by atoms with Gasteiger partial charge in [-0.2, -0.15) is 3.97 Å². The number of carbonyl (C=O) groups is 1. The van der Waals surface area contributed by atoms with Crippen LogP contribution in [0, 0.1) is 0 Å². The number of benzene rings is 1. The van der Waals surface area contributed by atoms with Crippen LogP contribution in [-0.4, -0.2) is 43.2 Å². The Morgan fingerprint density at radius 1 is 1.00 bits per heavy atom. The number of carbonyl (C=O) groups excluding carboxylic acids is 1. The Bertz CT molecular complexity index is 1060. The number of sulfonamides is 1. The predicted molar refractivity (Wildman–Crippen MR) is 93.9 cm³/mol. The van der Waals surface area contributed by atoms with Crippen LogP contribution < -0.4 is 4.31 Å². The van der Waals surface area contributed by atoms with E-state index < -0.39 is 37.7 Å². The van der Waals surface area contributed by atoms with Gasteiger partial charge in [0.25, 0.3) is 15.9 Å². The molecule has 1 aromatic carbocycles. The number of aromatic nitrogens is 1. The molecule has 0 bridgehead atoms. The average molecular weight is 400 g/mol. The molecule has 0 unspecified atom stereocenters. The van der Waals surface area contributed by atoms with E-state index in [4.69, 9.17) is 0 Å². The van der Waals surface area contributed by atoms with Crippen molar-refractivity contribution in [2.24, 2.45) is 0 Å². The number of rotatable bonds is 5. The standard InChI is InChI=1S/C15H16N2O7S2/c1-10(2)15(20)16(25(3,21)22)11-4-6-12(7-5-11)26(23,24)17-13(18)8-9-14(17)19/h4-9,18-19H,1H2,2-3H3. The Morgan fingerprint density at radius 3 is 1.85 bits per heavy atom. The van der Waals surface area contributed by atoms with E-state index in [-0.39, 0.29) is 16.2 Å². The lowest BCUT2D eigenvalue weighted by atomic mass is 10.3. The van der Waals surface area contributed by atoms with Gasteiger partial charge in [-0.25, -0.2) is 21.1 Å². The molecule has 0 saturated heterocycles. The zero-order chi connectivity index (χ0) is 19.9. The molecule has 0 atom stereocenters. The molecule has 1 aromatic heterocycles. The molecule has 26 heavy (non-hydrogen) atoms. The summed E-state index contributed by atoms with van der Waals surface area (Å²) >= 11 is 0. The fourth-order valence-electron chi connectivity index (χ4n) is 2.14. The molecule has 0 radical (unpaired) electrons. The number of hydrogen-bond donors (Lipinski definition) is 2. The lowest BCUT2D eigenvalue weighted by molar-refractivity contribution is -0.113. The van der Waals surface area contributed by atoms with Crippen molar-refractivity contribution in [3.8, 4) is 11.8 Å². The summed E-state index contributed by atoms with van der Waals surface area (Å²) in [5, 5.41) is 19.2. The first-order valence-electron chi connectivity index (χ1n) is 7.03. The third-order valence-corrected chi connectivity index (χ3v) is 6.05. The molecule has 9 nitrogen and oxygen atoms in total. The van der Waals surface area contributed by atoms with Crippen LogP contribution in [0.4, 0.5) is 5.69 Å². The van der Waals surface area contributed by atoms with Crippen molar-refractivity contribution in [3.63, 3.8) is 0 Å². The van der Waals surface area contributed by atoms with Crippen LogP contribution in [0.5, 0.6) is 11.8 Å². The maximum atomic E-state index is 12.5. The highest BCUT2D eigenvalue weighted by molar-refractivity contribution is 7.92. The van der Waals surface area contributed by atoms with Crippen molar-refractivity contribution < 1.29 is 31.8 Å². The minimum atomic E-state index is -4.33. The molecule has 1 heterocycles. The number of nitrogens with zero attached hydrogens (tertiary/aromatic N) is 2. The first kappa shape index (κ1) is 19.5. The van der Waals surface area contributed by atoms with E-state index in [2.05, 4.69) is 6.58 Å². The van der Waals surface area contributed by atoms with Gasteiger partial charge in [0, 0.05) is 17.7 Å². The highest BCUT2D eigenvalue weighted by Gasteiger charge is 2.27. The molecule has 140 valence electrons. The summed E-state index contributed by atoms with van der Waals surface area (Å²) in [6.07, 6.45) is 0.828. The Hall–Kier alpha value is -2.79. The van der Waals surface area contributed by atoms with E-state index >= 15 is 0 Å². The Kier molecular flexibility index (Phi) is 4.88. The van der Waals surface area contributed by atoms with Gasteiger partial charge in [0.1, 0.15) is 0 Å². The predicted octanol–water partition coefficient (Wildman–Crippen LogP) is 1.00. The van der Waals surface area contributed by atoms with E-state index in [9.17, 15) is 31.8 Å². The minimum Gasteiger partial charge on any atom is -0.494 e. The lowest BCUT2D eigenvalue weighted by Gasteiger charge is -2.20. The van der Waals surface area contributed by atoms with Crippen LogP contribution in [0.3, 0.4) is 0 Å². The van der Waals surface area contributed by atoms with Gasteiger partial charge in [-0.05, 0) is 31.2 Å². The zero-order valence-corrected chi connectivity index (χ0v) is 15.5. The summed E-state index contributed by atoms with van der Waals surface area (Å²) in [6.45, 7) is 4.76. The van der Waals surface area contributed by atoms with Gasteiger partial charge in [0.2, 0.25) is 21.8 Å². The topological polar surface area (TPSA) is 134 Å². The molecule has 2 aromatic rings. The summed E-state index contributed by atoms with van der Waals surface area (Å²) in [7, 11) is -8.30. The molecule has 0 aliphatic carbocycles. The highest BCUT2D eigenvalue weighted by Crippen LogP contribution is 2.29. The third-order valence-electron chi connectivity index (χ3n) is 3.29. The molecule has 0 fully saturated rings. The van der Waals surface area contributed by atoms with E-state index in [0.29, 0.717) is 8.28 Å². The molecule has 1 amide bonds. The van der Waals surface area contributed by atoms with Crippen LogP contribution in [-0.2, 0) is 24.8 Å². The third kappa shape index (κ3) is 3.44. The molecule has 0 aliphatic rings. The SMILES string of the molecule is C=C(C)C(=O)N(c1ccc(S(=O)(=O)n2c(O)ccc2O)cc1)S(C)(=O)=O. The molecular formula is C15H16N2O7S2. The first-order valence-corrected chi connectivity index (χ1v) is 10.3. The van der Waals surface area contributed by atoms with Crippen molar-refractivity contribution in [2.75, 3.05) is 10.6 Å². The second kappa shape index (κ2) is 6.50. The first-order chi connectivity index (χ1) is 11.9. The summed E-state index contributed by atoms with van der Waals surface area (Å²) in [5.74, 6) is -2.24. The van der Waals surface area contributed by atoms with Crippen LogP contribution in [0.25, 0.3) is 0 Å². The maximum absolute atomic E-state index is 12.5. The van der Waals surface area contributed by atoms with Crippen LogP contribution in [0.15, 0.2) is 53.4 Å². The van der Waals surface area contributed by atoms with E-state index in [1.807, 2.05) is 0 Å². The number of aromatic hydroxyl groups is 2. The molecule has 0 spiro atoms. The fourth-order valence-corrected chi connectivity index (χ4v) is 4.41. The van der Waals surface area contributed by atoms with Crippen molar-refractivity contribution >= 4 is 31.6 Å². The summed E-state index contributed by atoms with van der Waals surface area (Å²) in [5.41, 5.74) is -0.102. The molecule has 2 rings (SSSR count). The molecular weight excluding hydrogens is 384 g/mol. The lowest BCUT2D eigenvalue weighted by Crippen LogP contribution is -2.36. The van der Waals surface area contributed by atoms with Crippen LogP contribution in [0.2, 0.25) is 0 Å². The van der Waals surface area contributed by atoms with Crippen molar-refractivity contribution in [2.45, 2.75) is 11.8 Å². The van der Waals surface area contributed by atoms with Gasteiger partial charge >= 0.3 is 0 Å². The number of amides is 1. The zero-order valence-electron chi connectivity index (χ0n) is 13.8. The summed E-state index contributed by atoms with van der Waals surface area (Å²) in [6, 6.07) is 6.33. The molecule has 0 aliphatic heterocycles. The van der Waals surface area contributed by atoms with Gasteiger partial charge in [-0.15, -0.1) is 0 Å². The average Bonchev–Trinajstić information content (AvgIpc) is 2.86. The van der Waals surface area contributed by atoms with E-state index in [0.717, 1.165) is 42.7 Å². The largest absolute Gasteiger partial charge is 0.494 e. The minimum absolute atomic E-state index is 0.0192. The second-order valence-corrected chi connectivity index (χ2v) is 9.04. The van der Waals surface area contributed by atoms with Gasteiger partial charge in [-0.3, -0.25) is 4.79 Å². The Labute approximate surface area is 150 Å². The summed E-state index contributed by atoms with van der Waals surface area (Å²) in [4.78, 5) is 11.8. The van der Waals surface area contributed by atoms with Crippen LogP contribution in [0.1, 0.15) is 6.92 Å². The van der Waals surface area contributed by atoms with Gasteiger partial charge in [-0.1, -0.05) is 6.58 Å². The van der Waals surface area contributed by atoms with Crippen molar-refractivity contribution in [1.82, 2.24) is 3.97 Å². The Balaban J connectivity index is 2.54. The number of hydrogen-bond acceptors (Lipinski definition) is 7. The maximum Gasteiger partial charge on any atom is 0.273 e. The van der Waals surface area contributed by atoms with Crippen LogP contribution >= 0.6 is 0 Å². The quantitative estimate of drug-likeness (QED) is 0.715. The Morgan fingerprint density at radius 2 is 1.46 bits per heavy atom. The highest BCUT2D eigenvalue weighted by atomic mass is 32.2.